The van der Waals surface area contributed by atoms with E-state index in [4.69, 9.17) is 4.74 Å². The SMILES string of the molecule is CC(C)CNC(=O)[C@H](C)OC(=O)c1ccc(N2CCC(O)CC2)cc1. The van der Waals surface area contributed by atoms with Gasteiger partial charge < -0.3 is 20.1 Å². The smallest absolute Gasteiger partial charge is 0.338 e. The lowest BCUT2D eigenvalue weighted by Crippen LogP contribution is -2.37. The molecule has 1 fully saturated rings. The highest BCUT2D eigenvalue weighted by molar-refractivity contribution is 5.92. The number of ether oxygens (including phenoxy) is 1. The second-order valence-corrected chi connectivity index (χ2v) is 6.95. The largest absolute Gasteiger partial charge is 0.449 e. The van der Waals surface area contributed by atoms with Gasteiger partial charge in [-0.1, -0.05) is 13.8 Å². The van der Waals surface area contributed by atoms with Crippen LogP contribution in [0.25, 0.3) is 0 Å². The Morgan fingerprint density at radius 1 is 1.20 bits per heavy atom. The lowest BCUT2D eigenvalue weighted by Gasteiger charge is -2.31. The van der Waals surface area contributed by atoms with E-state index in [2.05, 4.69) is 10.2 Å². The second-order valence-electron chi connectivity index (χ2n) is 6.95. The van der Waals surface area contributed by atoms with Crippen molar-refractivity contribution in [3.05, 3.63) is 29.8 Å². The number of hydrogen-bond acceptors (Lipinski definition) is 5. The molecule has 6 heteroatoms. The van der Waals surface area contributed by atoms with Gasteiger partial charge in [-0.05, 0) is 49.9 Å². The maximum Gasteiger partial charge on any atom is 0.338 e. The molecule has 1 aromatic rings. The molecule has 0 saturated carbocycles. The third-order valence-corrected chi connectivity index (χ3v) is 4.27. The van der Waals surface area contributed by atoms with Crippen LogP contribution in [-0.2, 0) is 9.53 Å². The van der Waals surface area contributed by atoms with E-state index in [0.717, 1.165) is 31.6 Å². The lowest BCUT2D eigenvalue weighted by molar-refractivity contribution is -0.129. The van der Waals surface area contributed by atoms with Gasteiger partial charge in [-0.15, -0.1) is 0 Å². The van der Waals surface area contributed by atoms with Gasteiger partial charge in [0, 0.05) is 25.3 Å². The second kappa shape index (κ2) is 8.85. The number of piperidine rings is 1. The molecule has 1 atom stereocenters. The molecule has 2 rings (SSSR count). The van der Waals surface area contributed by atoms with Crippen LogP contribution in [-0.4, -0.2) is 48.8 Å². The molecule has 1 saturated heterocycles. The van der Waals surface area contributed by atoms with Gasteiger partial charge in [0.2, 0.25) is 0 Å². The summed E-state index contributed by atoms with van der Waals surface area (Å²) in [5, 5.41) is 12.3. The number of aliphatic hydroxyl groups excluding tert-OH is 1. The average Bonchev–Trinajstić information content (AvgIpc) is 2.60. The molecule has 0 unspecified atom stereocenters. The van der Waals surface area contributed by atoms with Crippen LogP contribution in [0.5, 0.6) is 0 Å². The van der Waals surface area contributed by atoms with E-state index in [1.807, 2.05) is 26.0 Å². The van der Waals surface area contributed by atoms with Crippen molar-refractivity contribution in [2.24, 2.45) is 5.92 Å². The molecule has 25 heavy (non-hydrogen) atoms. The molecule has 6 nitrogen and oxygen atoms in total. The van der Waals surface area contributed by atoms with Gasteiger partial charge >= 0.3 is 5.97 Å². The van der Waals surface area contributed by atoms with Crippen molar-refractivity contribution in [1.29, 1.82) is 0 Å². The number of anilines is 1. The minimum absolute atomic E-state index is 0.214. The fourth-order valence-electron chi connectivity index (χ4n) is 2.66. The summed E-state index contributed by atoms with van der Waals surface area (Å²) in [5.74, 6) is -0.450. The average molecular weight is 348 g/mol. The van der Waals surface area contributed by atoms with E-state index in [0.29, 0.717) is 18.0 Å². The molecule has 1 aromatic carbocycles. The fourth-order valence-corrected chi connectivity index (χ4v) is 2.66. The zero-order valence-electron chi connectivity index (χ0n) is 15.2. The highest BCUT2D eigenvalue weighted by Gasteiger charge is 2.20. The molecule has 1 heterocycles. The zero-order valence-corrected chi connectivity index (χ0v) is 15.2. The highest BCUT2D eigenvalue weighted by Crippen LogP contribution is 2.21. The van der Waals surface area contributed by atoms with Crippen LogP contribution in [0.1, 0.15) is 44.0 Å². The van der Waals surface area contributed by atoms with Gasteiger partial charge in [0.1, 0.15) is 0 Å². The van der Waals surface area contributed by atoms with E-state index in [-0.39, 0.29) is 12.0 Å². The Kier molecular flexibility index (Phi) is 6.82. The van der Waals surface area contributed by atoms with Crippen LogP contribution >= 0.6 is 0 Å². The molecule has 0 aromatic heterocycles. The Bertz CT molecular complexity index is 578. The summed E-state index contributed by atoms with van der Waals surface area (Å²) in [7, 11) is 0. The minimum Gasteiger partial charge on any atom is -0.449 e. The van der Waals surface area contributed by atoms with Crippen molar-refractivity contribution < 1.29 is 19.4 Å². The maximum absolute atomic E-state index is 12.2. The number of aliphatic hydroxyl groups is 1. The predicted molar refractivity (Wildman–Crippen MR) is 96.6 cm³/mol. The molecular weight excluding hydrogens is 320 g/mol. The maximum atomic E-state index is 12.2. The molecule has 0 aliphatic carbocycles. The predicted octanol–water partition coefficient (Wildman–Crippen LogP) is 1.97. The first-order valence-electron chi connectivity index (χ1n) is 8.88. The standard InChI is InChI=1S/C19H28N2O4/c1-13(2)12-20-18(23)14(3)25-19(24)15-4-6-16(7-5-15)21-10-8-17(22)9-11-21/h4-7,13-14,17,22H,8-12H2,1-3H3,(H,20,23)/t14-/m0/s1. The number of hydrogen-bond donors (Lipinski definition) is 2. The lowest BCUT2D eigenvalue weighted by atomic mass is 10.1. The number of nitrogens with one attached hydrogen (secondary N) is 1. The molecule has 0 bridgehead atoms. The number of carbonyl (C=O) groups is 2. The first kappa shape index (κ1) is 19.2. The Labute approximate surface area is 149 Å². The van der Waals surface area contributed by atoms with E-state index in [1.54, 1.807) is 19.1 Å². The Hall–Kier alpha value is -2.08. The number of carbonyl (C=O) groups excluding carboxylic acids is 2. The van der Waals surface area contributed by atoms with Crippen LogP contribution in [0.4, 0.5) is 5.69 Å². The van der Waals surface area contributed by atoms with Crippen LogP contribution in [0.15, 0.2) is 24.3 Å². The van der Waals surface area contributed by atoms with Gasteiger partial charge in [-0.25, -0.2) is 4.79 Å². The van der Waals surface area contributed by atoms with E-state index >= 15 is 0 Å². The van der Waals surface area contributed by atoms with Gasteiger partial charge in [0.05, 0.1) is 11.7 Å². The monoisotopic (exact) mass is 348 g/mol. The molecule has 2 N–H and O–H groups in total. The Morgan fingerprint density at radius 2 is 1.80 bits per heavy atom. The molecule has 138 valence electrons. The third kappa shape index (κ3) is 5.74. The number of nitrogens with zero attached hydrogens (tertiary/aromatic N) is 1. The minimum atomic E-state index is -0.825. The molecule has 0 radical (unpaired) electrons. The van der Waals surface area contributed by atoms with Crippen molar-refractivity contribution in [2.75, 3.05) is 24.5 Å². The van der Waals surface area contributed by atoms with Gasteiger partial charge in [0.25, 0.3) is 5.91 Å². The van der Waals surface area contributed by atoms with Crippen molar-refractivity contribution in [1.82, 2.24) is 5.32 Å². The Balaban J connectivity index is 1.88. The van der Waals surface area contributed by atoms with Gasteiger partial charge in [-0.3, -0.25) is 4.79 Å². The summed E-state index contributed by atoms with van der Waals surface area (Å²) in [5.41, 5.74) is 1.44. The summed E-state index contributed by atoms with van der Waals surface area (Å²) < 4.78 is 5.23. The summed E-state index contributed by atoms with van der Waals surface area (Å²) >= 11 is 0. The summed E-state index contributed by atoms with van der Waals surface area (Å²) in [6.45, 7) is 7.74. The molecule has 1 aliphatic rings. The quantitative estimate of drug-likeness (QED) is 0.769. The third-order valence-electron chi connectivity index (χ3n) is 4.27. The van der Waals surface area contributed by atoms with Crippen LogP contribution in [0.2, 0.25) is 0 Å². The summed E-state index contributed by atoms with van der Waals surface area (Å²) in [6.07, 6.45) is 0.475. The first-order chi connectivity index (χ1) is 11.9. The van der Waals surface area contributed by atoms with Crippen molar-refractivity contribution in [3.63, 3.8) is 0 Å². The van der Waals surface area contributed by atoms with Crippen molar-refractivity contribution >= 4 is 17.6 Å². The highest BCUT2D eigenvalue weighted by atomic mass is 16.5. The Morgan fingerprint density at radius 3 is 2.36 bits per heavy atom. The van der Waals surface area contributed by atoms with Gasteiger partial charge in [0.15, 0.2) is 6.10 Å². The van der Waals surface area contributed by atoms with E-state index in [1.165, 1.54) is 0 Å². The molecular formula is C19H28N2O4. The normalized spacial score (nSPS) is 16.6. The van der Waals surface area contributed by atoms with Crippen molar-refractivity contribution in [3.8, 4) is 0 Å². The topological polar surface area (TPSA) is 78.9 Å². The first-order valence-corrected chi connectivity index (χ1v) is 8.88. The zero-order chi connectivity index (χ0) is 18.4. The number of amides is 1. The van der Waals surface area contributed by atoms with Gasteiger partial charge in [-0.2, -0.15) is 0 Å². The van der Waals surface area contributed by atoms with Crippen LogP contribution < -0.4 is 10.2 Å². The van der Waals surface area contributed by atoms with E-state index in [9.17, 15) is 14.7 Å². The number of benzene rings is 1. The summed E-state index contributed by atoms with van der Waals surface area (Å²) in [6, 6.07) is 7.17. The molecule has 1 aliphatic heterocycles. The summed E-state index contributed by atoms with van der Waals surface area (Å²) in [4.78, 5) is 26.2. The molecule has 0 spiro atoms. The fraction of sp³-hybridized carbons (Fsp3) is 0.579. The number of rotatable bonds is 6. The van der Waals surface area contributed by atoms with Crippen LogP contribution in [0, 0.1) is 5.92 Å². The van der Waals surface area contributed by atoms with Crippen LogP contribution in [0.3, 0.4) is 0 Å². The van der Waals surface area contributed by atoms with E-state index < -0.39 is 12.1 Å². The number of esters is 1. The molecule has 1 amide bonds. The van der Waals surface area contributed by atoms with Crippen molar-refractivity contribution in [2.45, 2.75) is 45.8 Å².